The van der Waals surface area contributed by atoms with E-state index in [-0.39, 0.29) is 11.9 Å². The largest absolute Gasteiger partial charge is 0.383 e. The highest BCUT2D eigenvalue weighted by Gasteiger charge is 2.09. The second-order valence-corrected chi connectivity index (χ2v) is 4.01. The number of pyridine rings is 1. The molecule has 0 saturated carbocycles. The average Bonchev–Trinajstić information content (AvgIpc) is 2.18. The van der Waals surface area contributed by atoms with E-state index in [4.69, 9.17) is 4.74 Å². The smallest absolute Gasteiger partial charge is 0.251 e. The molecule has 82 valence electrons. The van der Waals surface area contributed by atoms with Crippen LogP contribution in [0.2, 0.25) is 0 Å². The van der Waals surface area contributed by atoms with Crippen molar-refractivity contribution in [3.8, 4) is 0 Å². The molecular weight excluding hydrogens is 260 g/mol. The molecule has 0 fully saturated rings. The number of carbonyl (C=O) groups is 1. The zero-order valence-corrected chi connectivity index (χ0v) is 10.2. The third kappa shape index (κ3) is 3.97. The van der Waals surface area contributed by atoms with E-state index in [1.165, 1.54) is 0 Å². The van der Waals surface area contributed by atoms with Crippen molar-refractivity contribution in [2.75, 3.05) is 13.7 Å². The van der Waals surface area contributed by atoms with Crippen LogP contribution in [0.1, 0.15) is 17.3 Å². The Morgan fingerprint density at radius 1 is 1.73 bits per heavy atom. The van der Waals surface area contributed by atoms with Crippen molar-refractivity contribution in [2.45, 2.75) is 13.0 Å². The highest BCUT2D eigenvalue weighted by atomic mass is 79.9. The van der Waals surface area contributed by atoms with Crippen LogP contribution in [0, 0.1) is 0 Å². The number of ether oxygens (including phenoxy) is 1. The topological polar surface area (TPSA) is 51.2 Å². The first-order valence-corrected chi connectivity index (χ1v) is 5.34. The van der Waals surface area contributed by atoms with Gasteiger partial charge in [-0.05, 0) is 35.0 Å². The van der Waals surface area contributed by atoms with Crippen LogP contribution in [0.3, 0.4) is 0 Å². The number of aromatic nitrogens is 1. The van der Waals surface area contributed by atoms with Crippen molar-refractivity contribution in [1.29, 1.82) is 0 Å². The normalized spacial score (nSPS) is 12.2. The third-order valence-corrected chi connectivity index (χ3v) is 2.22. The number of rotatable bonds is 4. The van der Waals surface area contributed by atoms with E-state index in [0.29, 0.717) is 16.8 Å². The van der Waals surface area contributed by atoms with E-state index in [1.807, 2.05) is 6.92 Å². The number of nitrogens with zero attached hydrogens (tertiary/aromatic N) is 1. The fourth-order valence-corrected chi connectivity index (χ4v) is 1.51. The fraction of sp³-hybridized carbons (Fsp3) is 0.400. The van der Waals surface area contributed by atoms with Gasteiger partial charge in [-0.15, -0.1) is 0 Å². The Labute approximate surface area is 97.2 Å². The Balaban J connectivity index is 2.61. The third-order valence-electron chi connectivity index (χ3n) is 1.78. The van der Waals surface area contributed by atoms with Crippen molar-refractivity contribution in [3.05, 3.63) is 28.5 Å². The molecule has 1 aromatic rings. The summed E-state index contributed by atoms with van der Waals surface area (Å²) in [5.41, 5.74) is 0.583. The van der Waals surface area contributed by atoms with Crippen LogP contribution in [-0.4, -0.2) is 30.6 Å². The summed E-state index contributed by atoms with van der Waals surface area (Å²) in [6.07, 6.45) is 1.58. The lowest BCUT2D eigenvalue weighted by Gasteiger charge is -2.12. The molecule has 1 rings (SSSR count). The number of hydrogen-bond donors (Lipinski definition) is 1. The lowest BCUT2D eigenvalue weighted by molar-refractivity contribution is 0.0905. The standard InChI is InChI=1S/C10H13BrN2O2/c1-7(6-15-2)13-10(14)8-3-4-12-9(11)5-8/h3-5,7H,6H2,1-2H3,(H,13,14). The van der Waals surface area contributed by atoms with E-state index < -0.39 is 0 Å². The van der Waals surface area contributed by atoms with Crippen molar-refractivity contribution >= 4 is 21.8 Å². The van der Waals surface area contributed by atoms with Crippen LogP contribution in [0.15, 0.2) is 22.9 Å². The monoisotopic (exact) mass is 272 g/mol. The summed E-state index contributed by atoms with van der Waals surface area (Å²) in [6, 6.07) is 3.34. The van der Waals surface area contributed by atoms with Gasteiger partial charge in [0.05, 0.1) is 6.61 Å². The molecule has 0 aliphatic carbocycles. The van der Waals surface area contributed by atoms with Gasteiger partial charge in [0.15, 0.2) is 0 Å². The minimum Gasteiger partial charge on any atom is -0.383 e. The summed E-state index contributed by atoms with van der Waals surface area (Å²) in [6.45, 7) is 2.38. The first kappa shape index (κ1) is 12.1. The summed E-state index contributed by atoms with van der Waals surface area (Å²) in [7, 11) is 1.60. The predicted molar refractivity (Wildman–Crippen MR) is 60.7 cm³/mol. The lowest BCUT2D eigenvalue weighted by Crippen LogP contribution is -2.35. The number of nitrogens with one attached hydrogen (secondary N) is 1. The van der Waals surface area contributed by atoms with E-state index >= 15 is 0 Å². The molecule has 0 radical (unpaired) electrons. The minimum atomic E-state index is -0.123. The SMILES string of the molecule is COCC(C)NC(=O)c1ccnc(Br)c1. The Morgan fingerprint density at radius 2 is 2.47 bits per heavy atom. The van der Waals surface area contributed by atoms with Crippen LogP contribution in [-0.2, 0) is 4.74 Å². The van der Waals surface area contributed by atoms with Gasteiger partial charge in [-0.3, -0.25) is 4.79 Å². The van der Waals surface area contributed by atoms with Crippen molar-refractivity contribution in [3.63, 3.8) is 0 Å². The average molecular weight is 273 g/mol. The van der Waals surface area contributed by atoms with Crippen LogP contribution < -0.4 is 5.32 Å². The van der Waals surface area contributed by atoms with E-state index in [0.717, 1.165) is 0 Å². The molecule has 5 heteroatoms. The van der Waals surface area contributed by atoms with Gasteiger partial charge in [0, 0.05) is 24.9 Å². The van der Waals surface area contributed by atoms with Gasteiger partial charge >= 0.3 is 0 Å². The first-order chi connectivity index (χ1) is 7.13. The second-order valence-electron chi connectivity index (χ2n) is 3.20. The molecule has 15 heavy (non-hydrogen) atoms. The van der Waals surface area contributed by atoms with E-state index in [2.05, 4.69) is 26.2 Å². The molecule has 0 aliphatic heterocycles. The van der Waals surface area contributed by atoms with Gasteiger partial charge in [-0.25, -0.2) is 4.98 Å². The maximum Gasteiger partial charge on any atom is 0.251 e. The number of halogens is 1. The molecule has 0 saturated heterocycles. The Hall–Kier alpha value is -0.940. The predicted octanol–water partition coefficient (Wildman–Crippen LogP) is 1.61. The van der Waals surface area contributed by atoms with Crippen LogP contribution >= 0.6 is 15.9 Å². The van der Waals surface area contributed by atoms with Crippen LogP contribution in [0.25, 0.3) is 0 Å². The summed E-state index contributed by atoms with van der Waals surface area (Å²) >= 11 is 3.21. The molecule has 1 unspecified atom stereocenters. The second kappa shape index (κ2) is 5.82. The summed E-state index contributed by atoms with van der Waals surface area (Å²) in [5, 5.41) is 2.81. The maximum absolute atomic E-state index is 11.7. The Kier molecular flexibility index (Phi) is 4.71. The molecule has 0 spiro atoms. The molecule has 1 N–H and O–H groups in total. The Morgan fingerprint density at radius 3 is 3.07 bits per heavy atom. The molecule has 1 amide bonds. The van der Waals surface area contributed by atoms with Crippen molar-refractivity contribution < 1.29 is 9.53 Å². The Bertz CT molecular complexity index is 344. The van der Waals surface area contributed by atoms with Gasteiger partial charge in [0.2, 0.25) is 0 Å². The zero-order chi connectivity index (χ0) is 11.3. The number of methoxy groups -OCH3 is 1. The summed E-state index contributed by atoms with van der Waals surface area (Å²) < 4.78 is 5.58. The van der Waals surface area contributed by atoms with Crippen molar-refractivity contribution in [1.82, 2.24) is 10.3 Å². The van der Waals surface area contributed by atoms with Crippen LogP contribution in [0.5, 0.6) is 0 Å². The molecule has 1 aromatic heterocycles. The van der Waals surface area contributed by atoms with Gasteiger partial charge in [-0.1, -0.05) is 0 Å². The van der Waals surface area contributed by atoms with Gasteiger partial charge in [0.25, 0.3) is 5.91 Å². The molecule has 1 heterocycles. The van der Waals surface area contributed by atoms with E-state index in [9.17, 15) is 4.79 Å². The highest BCUT2D eigenvalue weighted by Crippen LogP contribution is 2.07. The quantitative estimate of drug-likeness (QED) is 0.848. The molecule has 1 atom stereocenters. The van der Waals surface area contributed by atoms with Crippen molar-refractivity contribution in [2.24, 2.45) is 0 Å². The number of hydrogen-bond acceptors (Lipinski definition) is 3. The van der Waals surface area contributed by atoms with Gasteiger partial charge < -0.3 is 10.1 Å². The van der Waals surface area contributed by atoms with Gasteiger partial charge in [-0.2, -0.15) is 0 Å². The van der Waals surface area contributed by atoms with E-state index in [1.54, 1.807) is 25.4 Å². The summed E-state index contributed by atoms with van der Waals surface area (Å²) in [5.74, 6) is -0.123. The number of carbonyl (C=O) groups excluding carboxylic acids is 1. The first-order valence-electron chi connectivity index (χ1n) is 4.55. The number of amides is 1. The highest BCUT2D eigenvalue weighted by molar-refractivity contribution is 9.10. The van der Waals surface area contributed by atoms with Crippen LogP contribution in [0.4, 0.5) is 0 Å². The molecule has 0 aromatic carbocycles. The zero-order valence-electron chi connectivity index (χ0n) is 8.66. The molecule has 0 bridgehead atoms. The molecule has 0 aliphatic rings. The fourth-order valence-electron chi connectivity index (χ4n) is 1.14. The molecule has 4 nitrogen and oxygen atoms in total. The lowest BCUT2D eigenvalue weighted by atomic mass is 10.2. The van der Waals surface area contributed by atoms with Gasteiger partial charge in [0.1, 0.15) is 4.60 Å². The maximum atomic E-state index is 11.7. The molecular formula is C10H13BrN2O2. The minimum absolute atomic E-state index is 0.00515. The summed E-state index contributed by atoms with van der Waals surface area (Å²) in [4.78, 5) is 15.6.